The molecular formula is C7H10N4S. The predicted octanol–water partition coefficient (Wildman–Crippen LogP) is 0.192. The van der Waals surface area contributed by atoms with E-state index < -0.39 is 0 Å². The van der Waals surface area contributed by atoms with Gasteiger partial charge in [0.25, 0.3) is 0 Å². The van der Waals surface area contributed by atoms with Crippen molar-refractivity contribution in [3.05, 3.63) is 16.6 Å². The van der Waals surface area contributed by atoms with E-state index in [0.717, 1.165) is 30.6 Å². The molecule has 0 saturated carbocycles. The number of nitrogens with one attached hydrogen (secondary N) is 2. The normalized spacial score (nSPS) is 15.5. The summed E-state index contributed by atoms with van der Waals surface area (Å²) in [5.41, 5.74) is 0. The third-order valence-corrected chi connectivity index (χ3v) is 2.34. The van der Waals surface area contributed by atoms with Crippen molar-refractivity contribution in [1.82, 2.24) is 15.6 Å². The Morgan fingerprint density at radius 2 is 2.67 bits per heavy atom. The lowest BCUT2D eigenvalue weighted by molar-refractivity contribution is 0.859. The quantitative estimate of drug-likeness (QED) is 0.686. The minimum absolute atomic E-state index is 0.767. The van der Waals surface area contributed by atoms with Crippen molar-refractivity contribution in [3.8, 4) is 0 Å². The van der Waals surface area contributed by atoms with Crippen LogP contribution in [0.5, 0.6) is 0 Å². The highest BCUT2D eigenvalue weighted by Crippen LogP contribution is 2.02. The van der Waals surface area contributed by atoms with Crippen LogP contribution in [-0.4, -0.2) is 24.0 Å². The third-order valence-electron chi connectivity index (χ3n) is 1.56. The maximum Gasteiger partial charge on any atom is 0.191 e. The zero-order valence-electron chi connectivity index (χ0n) is 6.58. The molecule has 0 aromatic carbocycles. The Balaban J connectivity index is 1.82. The number of aromatic nitrogens is 1. The third kappa shape index (κ3) is 1.73. The van der Waals surface area contributed by atoms with Gasteiger partial charge in [-0.05, 0) is 0 Å². The Labute approximate surface area is 74.7 Å². The van der Waals surface area contributed by atoms with Crippen LogP contribution in [0.2, 0.25) is 0 Å². The van der Waals surface area contributed by atoms with E-state index in [4.69, 9.17) is 0 Å². The number of hydrogen-bond acceptors (Lipinski definition) is 5. The van der Waals surface area contributed by atoms with Crippen LogP contribution in [0.1, 0.15) is 5.01 Å². The molecule has 0 saturated heterocycles. The van der Waals surface area contributed by atoms with Crippen molar-refractivity contribution in [2.75, 3.05) is 13.1 Å². The van der Waals surface area contributed by atoms with Gasteiger partial charge in [-0.15, -0.1) is 11.3 Å². The van der Waals surface area contributed by atoms with Crippen molar-refractivity contribution in [2.45, 2.75) is 6.54 Å². The highest BCUT2D eigenvalue weighted by atomic mass is 32.1. The smallest absolute Gasteiger partial charge is 0.191 e. The number of aliphatic imine (C=N–C) groups is 1. The molecule has 0 fully saturated rings. The van der Waals surface area contributed by atoms with Crippen LogP contribution < -0.4 is 10.6 Å². The molecule has 1 aromatic heterocycles. The van der Waals surface area contributed by atoms with Gasteiger partial charge in [0.05, 0.1) is 13.1 Å². The van der Waals surface area contributed by atoms with Crippen molar-refractivity contribution in [2.24, 2.45) is 4.99 Å². The van der Waals surface area contributed by atoms with E-state index in [1.54, 1.807) is 11.3 Å². The SMILES string of the molecule is c1csc(CNC2=NCCN2)n1. The van der Waals surface area contributed by atoms with E-state index in [9.17, 15) is 0 Å². The first kappa shape index (κ1) is 7.54. The molecule has 0 spiro atoms. The molecule has 2 N–H and O–H groups in total. The van der Waals surface area contributed by atoms with Gasteiger partial charge in [-0.2, -0.15) is 0 Å². The molecule has 1 aliphatic rings. The van der Waals surface area contributed by atoms with E-state index in [-0.39, 0.29) is 0 Å². The fraction of sp³-hybridized carbons (Fsp3) is 0.429. The van der Waals surface area contributed by atoms with E-state index in [1.165, 1.54) is 0 Å². The van der Waals surface area contributed by atoms with Crippen LogP contribution >= 0.6 is 11.3 Å². The number of guanidine groups is 1. The van der Waals surface area contributed by atoms with Gasteiger partial charge in [0, 0.05) is 18.1 Å². The Morgan fingerprint density at radius 3 is 3.33 bits per heavy atom. The van der Waals surface area contributed by atoms with Gasteiger partial charge >= 0.3 is 0 Å². The first-order chi connectivity index (χ1) is 5.95. The molecule has 5 heteroatoms. The maximum absolute atomic E-state index is 4.21. The zero-order valence-corrected chi connectivity index (χ0v) is 7.40. The fourth-order valence-electron chi connectivity index (χ4n) is 1.02. The maximum atomic E-state index is 4.21. The second kappa shape index (κ2) is 3.53. The molecule has 1 aliphatic heterocycles. The van der Waals surface area contributed by atoms with Gasteiger partial charge in [-0.1, -0.05) is 0 Å². The largest absolute Gasteiger partial charge is 0.355 e. The van der Waals surface area contributed by atoms with E-state index >= 15 is 0 Å². The van der Waals surface area contributed by atoms with Gasteiger partial charge in [-0.3, -0.25) is 4.99 Å². The van der Waals surface area contributed by atoms with Crippen LogP contribution in [-0.2, 0) is 6.54 Å². The molecular weight excluding hydrogens is 172 g/mol. The first-order valence-electron chi connectivity index (χ1n) is 3.86. The Hall–Kier alpha value is -1.10. The molecule has 2 heterocycles. The van der Waals surface area contributed by atoms with Crippen LogP contribution in [0.3, 0.4) is 0 Å². The molecule has 0 radical (unpaired) electrons. The lowest BCUT2D eigenvalue weighted by Gasteiger charge is -2.02. The molecule has 12 heavy (non-hydrogen) atoms. The number of thiazole rings is 1. The van der Waals surface area contributed by atoms with E-state index in [0.29, 0.717) is 0 Å². The Kier molecular flexibility index (Phi) is 2.22. The zero-order chi connectivity index (χ0) is 8.23. The van der Waals surface area contributed by atoms with Crippen molar-refractivity contribution in [1.29, 1.82) is 0 Å². The molecule has 64 valence electrons. The molecule has 0 atom stereocenters. The topological polar surface area (TPSA) is 49.3 Å². The molecule has 2 rings (SSSR count). The molecule has 0 bridgehead atoms. The first-order valence-corrected chi connectivity index (χ1v) is 4.74. The monoisotopic (exact) mass is 182 g/mol. The summed E-state index contributed by atoms with van der Waals surface area (Å²) in [7, 11) is 0. The summed E-state index contributed by atoms with van der Waals surface area (Å²) in [4.78, 5) is 8.36. The number of rotatable bonds is 2. The summed E-state index contributed by atoms with van der Waals surface area (Å²) in [6.45, 7) is 2.59. The van der Waals surface area contributed by atoms with Gasteiger partial charge in [0.2, 0.25) is 0 Å². The van der Waals surface area contributed by atoms with E-state index in [2.05, 4.69) is 20.6 Å². The second-order valence-corrected chi connectivity index (χ2v) is 3.42. The Bertz CT molecular complexity index is 267. The van der Waals surface area contributed by atoms with Crippen LogP contribution in [0, 0.1) is 0 Å². The van der Waals surface area contributed by atoms with Gasteiger partial charge in [0.1, 0.15) is 5.01 Å². The molecule has 0 unspecified atom stereocenters. The van der Waals surface area contributed by atoms with Gasteiger partial charge < -0.3 is 10.6 Å². The van der Waals surface area contributed by atoms with E-state index in [1.807, 2.05) is 11.6 Å². The lowest BCUT2D eigenvalue weighted by atomic mass is 10.6. The number of nitrogens with zero attached hydrogens (tertiary/aromatic N) is 2. The summed E-state index contributed by atoms with van der Waals surface area (Å²) >= 11 is 1.65. The second-order valence-electron chi connectivity index (χ2n) is 2.44. The predicted molar refractivity (Wildman–Crippen MR) is 49.3 cm³/mol. The summed E-state index contributed by atoms with van der Waals surface area (Å²) < 4.78 is 0. The van der Waals surface area contributed by atoms with Crippen LogP contribution in [0.15, 0.2) is 16.6 Å². The minimum Gasteiger partial charge on any atom is -0.355 e. The summed E-state index contributed by atoms with van der Waals surface area (Å²) in [6.07, 6.45) is 1.81. The van der Waals surface area contributed by atoms with Crippen molar-refractivity contribution >= 4 is 17.3 Å². The molecule has 1 aromatic rings. The average molecular weight is 182 g/mol. The highest BCUT2D eigenvalue weighted by Gasteiger charge is 2.03. The average Bonchev–Trinajstić information content (AvgIpc) is 2.74. The van der Waals surface area contributed by atoms with Crippen LogP contribution in [0.25, 0.3) is 0 Å². The lowest BCUT2D eigenvalue weighted by Crippen LogP contribution is -2.33. The Morgan fingerprint density at radius 1 is 1.67 bits per heavy atom. The summed E-state index contributed by atoms with van der Waals surface area (Å²) in [5, 5.41) is 9.37. The van der Waals surface area contributed by atoms with Gasteiger partial charge in [-0.25, -0.2) is 4.98 Å². The molecule has 0 aliphatic carbocycles. The number of hydrogen-bond donors (Lipinski definition) is 2. The minimum atomic E-state index is 0.767. The highest BCUT2D eigenvalue weighted by molar-refractivity contribution is 7.09. The summed E-state index contributed by atoms with van der Waals surface area (Å²) in [6, 6.07) is 0. The van der Waals surface area contributed by atoms with Crippen molar-refractivity contribution < 1.29 is 0 Å². The molecule has 0 amide bonds. The fourth-order valence-corrected chi connectivity index (χ4v) is 1.57. The van der Waals surface area contributed by atoms with Gasteiger partial charge in [0.15, 0.2) is 5.96 Å². The molecule has 4 nitrogen and oxygen atoms in total. The summed E-state index contributed by atoms with van der Waals surface area (Å²) in [5.74, 6) is 0.894. The van der Waals surface area contributed by atoms with Crippen LogP contribution in [0.4, 0.5) is 0 Å². The standard InChI is InChI=1S/C7H10N4S/c1-2-10-7(9-1)11-5-6-8-3-4-12-6/h3-4H,1-2,5H2,(H2,9,10,11). The van der Waals surface area contributed by atoms with Crippen molar-refractivity contribution in [3.63, 3.8) is 0 Å².